The van der Waals surface area contributed by atoms with Gasteiger partial charge in [0, 0.05) is 12.8 Å². The second kappa shape index (κ2) is 4.71. The maximum atomic E-state index is 13.2. The molecule has 5 rings (SSSR count). The average molecular weight is 362 g/mol. The number of carbonyl (C=O) groups excluding carboxylic acids is 1. The van der Waals surface area contributed by atoms with Crippen LogP contribution >= 0.6 is 11.6 Å². The van der Waals surface area contributed by atoms with E-state index in [-0.39, 0.29) is 28.5 Å². The summed E-state index contributed by atoms with van der Waals surface area (Å²) in [5, 5.41) is 19.8. The molecule has 0 saturated carbocycles. The number of nitrogens with zero attached hydrogens (tertiary/aromatic N) is 3. The first-order chi connectivity index (χ1) is 11.9. The quantitative estimate of drug-likeness (QED) is 0.808. The number of aliphatic hydroxyl groups excluding tert-OH is 1. The van der Waals surface area contributed by atoms with Gasteiger partial charge < -0.3 is 14.6 Å². The fourth-order valence-corrected chi connectivity index (χ4v) is 5.52. The van der Waals surface area contributed by atoms with E-state index in [4.69, 9.17) is 26.3 Å². The first kappa shape index (κ1) is 15.5. The van der Waals surface area contributed by atoms with Gasteiger partial charge >= 0.3 is 0 Å². The maximum absolute atomic E-state index is 13.2. The zero-order valence-electron chi connectivity index (χ0n) is 13.5. The van der Waals surface area contributed by atoms with Crippen LogP contribution in [-0.2, 0) is 14.3 Å². The van der Waals surface area contributed by atoms with Crippen LogP contribution in [0.25, 0.3) is 0 Å². The lowest BCUT2D eigenvalue weighted by molar-refractivity contribution is -0.163. The summed E-state index contributed by atoms with van der Waals surface area (Å²) in [5.41, 5.74) is -0.797. The highest BCUT2D eigenvalue weighted by Gasteiger charge is 2.78. The number of carbonyl (C=O) groups is 1. The molecule has 4 aliphatic rings. The molecule has 1 amide bonds. The number of pyridine rings is 1. The van der Waals surface area contributed by atoms with Crippen molar-refractivity contribution < 1.29 is 19.4 Å². The van der Waals surface area contributed by atoms with Crippen LogP contribution in [0.5, 0.6) is 0 Å². The van der Waals surface area contributed by atoms with E-state index in [0.717, 1.165) is 0 Å². The molecule has 1 spiro atoms. The van der Waals surface area contributed by atoms with Crippen molar-refractivity contribution in [1.29, 1.82) is 5.26 Å². The first-order valence-corrected chi connectivity index (χ1v) is 8.68. The third-order valence-electron chi connectivity index (χ3n) is 6.22. The molecule has 4 fully saturated rings. The highest BCUT2D eigenvalue weighted by atomic mass is 35.5. The second-order valence-corrected chi connectivity index (χ2v) is 7.86. The minimum atomic E-state index is -0.726. The van der Waals surface area contributed by atoms with Gasteiger partial charge in [-0.3, -0.25) is 9.69 Å². The number of aromatic nitrogens is 1. The number of fused-ring (bicyclic) bond motifs is 2. The fourth-order valence-electron chi connectivity index (χ4n) is 5.32. The van der Waals surface area contributed by atoms with Crippen LogP contribution in [0.3, 0.4) is 0 Å². The summed E-state index contributed by atoms with van der Waals surface area (Å²) < 4.78 is 12.2. The van der Waals surface area contributed by atoms with Crippen LogP contribution in [0, 0.1) is 23.2 Å². The monoisotopic (exact) mass is 361 g/mol. The summed E-state index contributed by atoms with van der Waals surface area (Å²) in [6.45, 7) is 2.30. The topological polar surface area (TPSA) is 95.7 Å². The number of hydrogen-bond acceptors (Lipinski definition) is 6. The summed E-state index contributed by atoms with van der Waals surface area (Å²) in [4.78, 5) is 18.9. The van der Waals surface area contributed by atoms with Gasteiger partial charge in [0.05, 0.1) is 47.1 Å². The molecule has 130 valence electrons. The normalized spacial score (nSPS) is 44.1. The van der Waals surface area contributed by atoms with Crippen LogP contribution in [0.4, 0.5) is 5.69 Å². The predicted octanol–water partition coefficient (Wildman–Crippen LogP) is 1.22. The SMILES string of the molecule is C[C@@]12C[C@H](O)[C@]3(CCO[C@H]4[C@@H]3[C@@H]1C(=O)N4c1cnc(C#N)c(Cl)c1)O2. The number of ether oxygens (including phenoxy) is 2. The maximum Gasteiger partial charge on any atom is 0.235 e. The number of nitriles is 1. The Hall–Kier alpha value is -1.72. The molecular weight excluding hydrogens is 346 g/mol. The Labute approximate surface area is 149 Å². The lowest BCUT2D eigenvalue weighted by Crippen LogP contribution is -2.56. The van der Waals surface area contributed by atoms with Crippen molar-refractivity contribution in [2.75, 3.05) is 11.5 Å². The molecule has 7 nitrogen and oxygen atoms in total. The smallest absolute Gasteiger partial charge is 0.235 e. The largest absolute Gasteiger partial charge is 0.390 e. The zero-order chi connectivity index (χ0) is 17.6. The summed E-state index contributed by atoms with van der Waals surface area (Å²) in [7, 11) is 0. The lowest BCUT2D eigenvalue weighted by Gasteiger charge is -2.43. The average Bonchev–Trinajstić information content (AvgIpc) is 3.11. The standard InChI is InChI=1S/C17H16ClN3O4/c1-16-5-11(22)17(25-16)2-3-24-15-13(17)12(16)14(23)21(15)8-4-9(18)10(6-19)20-7-8/h4,7,11-13,15,22H,2-3,5H2,1H3/t11-,12+,13-,15-,16+,17-/m0/s1. The van der Waals surface area contributed by atoms with Gasteiger partial charge in [0.1, 0.15) is 17.9 Å². The highest BCUT2D eigenvalue weighted by Crippen LogP contribution is 2.65. The molecule has 2 bridgehead atoms. The van der Waals surface area contributed by atoms with Gasteiger partial charge in [0.15, 0.2) is 5.69 Å². The molecule has 0 aliphatic carbocycles. The summed E-state index contributed by atoms with van der Waals surface area (Å²) in [6.07, 6.45) is 1.38. The van der Waals surface area contributed by atoms with Crippen LogP contribution in [0.15, 0.2) is 12.3 Å². The van der Waals surface area contributed by atoms with Gasteiger partial charge in [-0.1, -0.05) is 11.6 Å². The van der Waals surface area contributed by atoms with Gasteiger partial charge in [-0.2, -0.15) is 5.26 Å². The fraction of sp³-hybridized carbons (Fsp3) is 0.588. The van der Waals surface area contributed by atoms with Crippen molar-refractivity contribution >= 4 is 23.2 Å². The van der Waals surface area contributed by atoms with Crippen molar-refractivity contribution in [1.82, 2.24) is 4.98 Å². The molecule has 8 heteroatoms. The van der Waals surface area contributed by atoms with Gasteiger partial charge in [0.25, 0.3) is 0 Å². The molecule has 25 heavy (non-hydrogen) atoms. The van der Waals surface area contributed by atoms with E-state index in [0.29, 0.717) is 25.1 Å². The second-order valence-electron chi connectivity index (χ2n) is 7.45. The molecule has 5 heterocycles. The van der Waals surface area contributed by atoms with Crippen LogP contribution in [0.2, 0.25) is 5.02 Å². The van der Waals surface area contributed by atoms with Crippen molar-refractivity contribution in [2.45, 2.75) is 43.3 Å². The van der Waals surface area contributed by atoms with Crippen molar-refractivity contribution in [3.63, 3.8) is 0 Å². The number of aliphatic hydroxyl groups is 1. The van der Waals surface area contributed by atoms with Crippen molar-refractivity contribution in [3.8, 4) is 6.07 Å². The third kappa shape index (κ3) is 1.71. The number of halogens is 1. The Bertz CT molecular complexity index is 842. The summed E-state index contributed by atoms with van der Waals surface area (Å²) >= 11 is 6.10. The Balaban J connectivity index is 1.62. The molecular formula is C17H16ClN3O4. The molecule has 1 N–H and O–H groups in total. The Kier molecular flexibility index (Phi) is 2.93. The zero-order valence-corrected chi connectivity index (χ0v) is 14.2. The Morgan fingerprint density at radius 1 is 1.56 bits per heavy atom. The molecule has 1 aromatic heterocycles. The number of amides is 1. The third-order valence-corrected chi connectivity index (χ3v) is 6.51. The molecule has 1 aromatic rings. The number of rotatable bonds is 1. The van der Waals surface area contributed by atoms with E-state index in [1.54, 1.807) is 11.0 Å². The highest BCUT2D eigenvalue weighted by molar-refractivity contribution is 6.31. The van der Waals surface area contributed by atoms with Crippen LogP contribution in [0.1, 0.15) is 25.5 Å². The van der Waals surface area contributed by atoms with Crippen molar-refractivity contribution in [3.05, 3.63) is 23.0 Å². The number of anilines is 1. The number of hydrogen-bond donors (Lipinski definition) is 1. The molecule has 0 aromatic carbocycles. The Morgan fingerprint density at radius 3 is 3.08 bits per heavy atom. The van der Waals surface area contributed by atoms with Crippen LogP contribution < -0.4 is 4.90 Å². The van der Waals surface area contributed by atoms with E-state index in [2.05, 4.69) is 4.98 Å². The van der Waals surface area contributed by atoms with E-state index in [9.17, 15) is 9.90 Å². The molecule has 0 unspecified atom stereocenters. The van der Waals surface area contributed by atoms with E-state index < -0.39 is 23.5 Å². The lowest BCUT2D eigenvalue weighted by atomic mass is 9.65. The van der Waals surface area contributed by atoms with Gasteiger partial charge in [-0.25, -0.2) is 4.98 Å². The minimum Gasteiger partial charge on any atom is -0.390 e. The van der Waals surface area contributed by atoms with E-state index in [1.807, 2.05) is 13.0 Å². The molecule has 0 radical (unpaired) electrons. The predicted molar refractivity (Wildman–Crippen MR) is 85.6 cm³/mol. The van der Waals surface area contributed by atoms with E-state index in [1.165, 1.54) is 6.20 Å². The Morgan fingerprint density at radius 2 is 2.36 bits per heavy atom. The molecule has 6 atom stereocenters. The summed E-state index contributed by atoms with van der Waals surface area (Å²) in [5.74, 6) is -0.691. The van der Waals surface area contributed by atoms with Gasteiger partial charge in [-0.05, 0) is 13.0 Å². The van der Waals surface area contributed by atoms with Gasteiger partial charge in [-0.15, -0.1) is 0 Å². The van der Waals surface area contributed by atoms with Crippen molar-refractivity contribution in [2.24, 2.45) is 11.8 Å². The van der Waals surface area contributed by atoms with Gasteiger partial charge in [0.2, 0.25) is 5.91 Å². The minimum absolute atomic E-state index is 0.101. The molecule has 4 saturated heterocycles. The first-order valence-electron chi connectivity index (χ1n) is 8.30. The summed E-state index contributed by atoms with van der Waals surface area (Å²) in [6, 6.07) is 3.48. The molecule has 4 aliphatic heterocycles. The van der Waals surface area contributed by atoms with Crippen LogP contribution in [-0.4, -0.2) is 46.1 Å². The van der Waals surface area contributed by atoms with E-state index >= 15 is 0 Å².